The Balaban J connectivity index is 1.43. The topological polar surface area (TPSA) is 69.7 Å². The van der Waals surface area contributed by atoms with Crippen LogP contribution in [0.15, 0.2) is 28.7 Å². The van der Waals surface area contributed by atoms with E-state index in [0.717, 1.165) is 30.4 Å². The highest BCUT2D eigenvalue weighted by Gasteiger charge is 2.31. The average Bonchev–Trinajstić information content (AvgIpc) is 3.20. The van der Waals surface area contributed by atoms with Gasteiger partial charge in [0.15, 0.2) is 0 Å². The van der Waals surface area contributed by atoms with Gasteiger partial charge in [-0.1, -0.05) is 22.0 Å². The Kier molecular flexibility index (Phi) is 6.29. The van der Waals surface area contributed by atoms with Gasteiger partial charge in [0, 0.05) is 42.1 Å². The molecule has 0 radical (unpaired) electrons. The molecule has 2 heterocycles. The van der Waals surface area contributed by atoms with Crippen LogP contribution in [0.1, 0.15) is 36.0 Å². The molecule has 0 saturated carbocycles. The highest BCUT2D eigenvalue weighted by molar-refractivity contribution is 9.10. The van der Waals surface area contributed by atoms with Crippen LogP contribution >= 0.6 is 15.9 Å². The lowest BCUT2D eigenvalue weighted by atomic mass is 9.95. The molecule has 26 heavy (non-hydrogen) atoms. The molecular formula is C19H24BrN3O3. The summed E-state index contributed by atoms with van der Waals surface area (Å²) in [6.45, 7) is 2.89. The molecule has 2 aliphatic heterocycles. The summed E-state index contributed by atoms with van der Waals surface area (Å²) >= 11 is 3.33. The SMILES string of the molecule is O=C(NCC(=O)N1CCC(C(=O)N2CCCC2)CC1)c1cccc(Br)c1. The molecule has 0 bridgehead atoms. The molecule has 1 aromatic carbocycles. The van der Waals surface area contributed by atoms with Crippen LogP contribution in [0, 0.1) is 5.92 Å². The van der Waals surface area contributed by atoms with Crippen LogP contribution in [-0.2, 0) is 9.59 Å². The van der Waals surface area contributed by atoms with Gasteiger partial charge in [0.25, 0.3) is 5.91 Å². The maximum atomic E-state index is 12.4. The van der Waals surface area contributed by atoms with Crippen LogP contribution in [-0.4, -0.2) is 60.2 Å². The fraction of sp³-hybridized carbons (Fsp3) is 0.526. The molecule has 0 aliphatic carbocycles. The third-order valence-corrected chi connectivity index (χ3v) is 5.59. The largest absolute Gasteiger partial charge is 0.343 e. The summed E-state index contributed by atoms with van der Waals surface area (Å²) in [4.78, 5) is 40.6. The number of nitrogens with one attached hydrogen (secondary N) is 1. The van der Waals surface area contributed by atoms with Crippen molar-refractivity contribution in [1.82, 2.24) is 15.1 Å². The third kappa shape index (κ3) is 4.63. The van der Waals surface area contributed by atoms with Gasteiger partial charge in [0.05, 0.1) is 6.54 Å². The maximum absolute atomic E-state index is 12.4. The predicted octanol–water partition coefficient (Wildman–Crippen LogP) is 2.04. The lowest BCUT2D eigenvalue weighted by molar-refractivity contribution is -0.139. The van der Waals surface area contributed by atoms with Gasteiger partial charge < -0.3 is 15.1 Å². The van der Waals surface area contributed by atoms with E-state index >= 15 is 0 Å². The fourth-order valence-corrected chi connectivity index (χ4v) is 3.97. The van der Waals surface area contributed by atoms with Gasteiger partial charge in [-0.15, -0.1) is 0 Å². The molecule has 3 amide bonds. The normalized spacial score (nSPS) is 18.0. The van der Waals surface area contributed by atoms with Gasteiger partial charge >= 0.3 is 0 Å². The zero-order valence-electron chi connectivity index (χ0n) is 14.7. The summed E-state index contributed by atoms with van der Waals surface area (Å²) in [7, 11) is 0. The molecule has 2 aliphatic rings. The van der Waals surface area contributed by atoms with E-state index < -0.39 is 0 Å². The molecule has 0 unspecified atom stereocenters. The molecular weight excluding hydrogens is 398 g/mol. The average molecular weight is 422 g/mol. The number of benzene rings is 1. The molecule has 7 heteroatoms. The van der Waals surface area contributed by atoms with Crippen molar-refractivity contribution in [3.8, 4) is 0 Å². The standard InChI is InChI=1S/C19H24BrN3O3/c20-16-5-3-4-15(12-16)18(25)21-13-17(24)22-10-6-14(7-11-22)19(26)23-8-1-2-9-23/h3-5,12,14H,1-2,6-11,13H2,(H,21,25). The second kappa shape index (κ2) is 8.66. The molecule has 6 nitrogen and oxygen atoms in total. The fourth-order valence-electron chi connectivity index (χ4n) is 3.57. The van der Waals surface area contributed by atoms with E-state index in [9.17, 15) is 14.4 Å². The van der Waals surface area contributed by atoms with Gasteiger partial charge in [-0.25, -0.2) is 0 Å². The minimum atomic E-state index is -0.265. The molecule has 1 N–H and O–H groups in total. The second-order valence-electron chi connectivity index (χ2n) is 6.88. The van der Waals surface area contributed by atoms with Crippen molar-refractivity contribution in [3.63, 3.8) is 0 Å². The van der Waals surface area contributed by atoms with Crippen LogP contribution in [0.25, 0.3) is 0 Å². The molecule has 0 atom stereocenters. The zero-order valence-corrected chi connectivity index (χ0v) is 16.3. The van der Waals surface area contributed by atoms with Gasteiger partial charge in [0.2, 0.25) is 11.8 Å². The Labute approximate surface area is 162 Å². The number of amides is 3. The third-order valence-electron chi connectivity index (χ3n) is 5.10. The van der Waals surface area contributed by atoms with E-state index in [1.165, 1.54) is 0 Å². The second-order valence-corrected chi connectivity index (χ2v) is 7.80. The Hall–Kier alpha value is -1.89. The maximum Gasteiger partial charge on any atom is 0.251 e. The first kappa shape index (κ1) is 18.9. The Morgan fingerprint density at radius 3 is 2.38 bits per heavy atom. The molecule has 0 aromatic heterocycles. The Morgan fingerprint density at radius 1 is 1.04 bits per heavy atom. The molecule has 3 rings (SSSR count). The molecule has 0 spiro atoms. The quantitative estimate of drug-likeness (QED) is 0.808. The number of piperidine rings is 1. The summed E-state index contributed by atoms with van der Waals surface area (Å²) in [5.41, 5.74) is 0.516. The molecule has 1 aromatic rings. The lowest BCUT2D eigenvalue weighted by Crippen LogP contribution is -2.46. The Bertz CT molecular complexity index is 680. The molecule has 2 saturated heterocycles. The number of rotatable bonds is 4. The Morgan fingerprint density at radius 2 is 1.73 bits per heavy atom. The predicted molar refractivity (Wildman–Crippen MR) is 102 cm³/mol. The van der Waals surface area contributed by atoms with Crippen molar-refractivity contribution >= 4 is 33.7 Å². The number of hydrogen-bond donors (Lipinski definition) is 1. The van der Waals surface area contributed by atoms with Crippen molar-refractivity contribution in [2.75, 3.05) is 32.7 Å². The van der Waals surface area contributed by atoms with Crippen molar-refractivity contribution in [2.45, 2.75) is 25.7 Å². The van der Waals surface area contributed by atoms with Crippen LogP contribution in [0.2, 0.25) is 0 Å². The van der Waals surface area contributed by atoms with E-state index in [2.05, 4.69) is 21.2 Å². The minimum Gasteiger partial charge on any atom is -0.343 e. The van der Waals surface area contributed by atoms with E-state index in [1.54, 1.807) is 23.1 Å². The van der Waals surface area contributed by atoms with Crippen molar-refractivity contribution in [1.29, 1.82) is 0 Å². The number of nitrogens with zero attached hydrogens (tertiary/aromatic N) is 2. The zero-order chi connectivity index (χ0) is 18.5. The van der Waals surface area contributed by atoms with Crippen LogP contribution < -0.4 is 5.32 Å². The monoisotopic (exact) mass is 421 g/mol. The van der Waals surface area contributed by atoms with Crippen molar-refractivity contribution < 1.29 is 14.4 Å². The number of likely N-dealkylation sites (tertiary alicyclic amines) is 2. The van der Waals surface area contributed by atoms with Gasteiger partial charge in [-0.3, -0.25) is 14.4 Å². The number of carbonyl (C=O) groups is 3. The number of carbonyl (C=O) groups excluding carboxylic acids is 3. The summed E-state index contributed by atoms with van der Waals surface area (Å²) in [5.74, 6) is -0.0786. The van der Waals surface area contributed by atoms with E-state index in [1.807, 2.05) is 11.0 Å². The van der Waals surface area contributed by atoms with Gasteiger partial charge in [-0.2, -0.15) is 0 Å². The number of hydrogen-bond acceptors (Lipinski definition) is 3. The minimum absolute atomic E-state index is 0.0178. The van der Waals surface area contributed by atoms with E-state index in [-0.39, 0.29) is 30.2 Å². The summed E-state index contributed by atoms with van der Waals surface area (Å²) in [5, 5.41) is 2.68. The molecule has 2 fully saturated rings. The first-order valence-corrected chi connectivity index (χ1v) is 9.94. The van der Waals surface area contributed by atoms with Crippen molar-refractivity contribution in [2.24, 2.45) is 5.92 Å². The molecule has 140 valence electrons. The van der Waals surface area contributed by atoms with Crippen LogP contribution in [0.3, 0.4) is 0 Å². The number of halogens is 1. The summed E-state index contributed by atoms with van der Waals surface area (Å²) < 4.78 is 0.821. The first-order chi connectivity index (χ1) is 12.5. The van der Waals surface area contributed by atoms with Gasteiger partial charge in [0.1, 0.15) is 0 Å². The van der Waals surface area contributed by atoms with Crippen LogP contribution in [0.5, 0.6) is 0 Å². The lowest BCUT2D eigenvalue weighted by Gasteiger charge is -2.33. The summed E-state index contributed by atoms with van der Waals surface area (Å²) in [6, 6.07) is 7.05. The highest BCUT2D eigenvalue weighted by atomic mass is 79.9. The van der Waals surface area contributed by atoms with E-state index in [4.69, 9.17) is 0 Å². The van der Waals surface area contributed by atoms with E-state index in [0.29, 0.717) is 31.5 Å². The summed E-state index contributed by atoms with van der Waals surface area (Å²) in [6.07, 6.45) is 3.61. The van der Waals surface area contributed by atoms with Crippen LogP contribution in [0.4, 0.5) is 0 Å². The first-order valence-electron chi connectivity index (χ1n) is 9.15. The van der Waals surface area contributed by atoms with Gasteiger partial charge in [-0.05, 0) is 43.9 Å². The van der Waals surface area contributed by atoms with Crippen molar-refractivity contribution in [3.05, 3.63) is 34.3 Å². The highest BCUT2D eigenvalue weighted by Crippen LogP contribution is 2.22. The smallest absolute Gasteiger partial charge is 0.251 e.